The minimum Gasteiger partial charge on any atom is -0.198 e. The summed E-state index contributed by atoms with van der Waals surface area (Å²) in [5.41, 5.74) is 2.88. The maximum absolute atomic E-state index is 9.85. The SMILES string of the molecule is C[C@]12CCCC[C@]1(C#N)C/C(=C\c1ccccc1)CC2. The first-order chi connectivity index (χ1) is 9.67. The fourth-order valence-electron chi connectivity index (χ4n) is 4.20. The molecule has 0 heterocycles. The quantitative estimate of drug-likeness (QED) is 0.672. The van der Waals surface area contributed by atoms with Gasteiger partial charge in [0.15, 0.2) is 0 Å². The number of rotatable bonds is 1. The molecule has 0 saturated heterocycles. The molecule has 20 heavy (non-hydrogen) atoms. The van der Waals surface area contributed by atoms with Crippen LogP contribution in [0.15, 0.2) is 35.9 Å². The second-order valence-corrected chi connectivity index (χ2v) is 6.85. The van der Waals surface area contributed by atoms with Gasteiger partial charge in [0.2, 0.25) is 0 Å². The number of allylic oxidation sites excluding steroid dienone is 1. The van der Waals surface area contributed by atoms with Crippen LogP contribution in [0.25, 0.3) is 6.08 Å². The second-order valence-electron chi connectivity index (χ2n) is 6.85. The van der Waals surface area contributed by atoms with Crippen LogP contribution in [-0.4, -0.2) is 0 Å². The molecule has 0 amide bonds. The summed E-state index contributed by atoms with van der Waals surface area (Å²) in [7, 11) is 0. The molecule has 0 unspecified atom stereocenters. The number of fused-ring (bicyclic) bond motifs is 1. The van der Waals surface area contributed by atoms with Crippen LogP contribution in [0.4, 0.5) is 0 Å². The van der Waals surface area contributed by atoms with E-state index in [-0.39, 0.29) is 10.8 Å². The zero-order valence-electron chi connectivity index (χ0n) is 12.4. The van der Waals surface area contributed by atoms with Crippen LogP contribution in [0.1, 0.15) is 57.4 Å². The highest BCUT2D eigenvalue weighted by atomic mass is 14.6. The van der Waals surface area contributed by atoms with Crippen molar-refractivity contribution in [1.82, 2.24) is 0 Å². The lowest BCUT2D eigenvalue weighted by Gasteiger charge is -2.51. The Morgan fingerprint density at radius 1 is 1.10 bits per heavy atom. The Morgan fingerprint density at radius 3 is 2.60 bits per heavy atom. The van der Waals surface area contributed by atoms with E-state index in [0.29, 0.717) is 0 Å². The zero-order chi connectivity index (χ0) is 14.1. The van der Waals surface area contributed by atoms with Gasteiger partial charge in [-0.1, -0.05) is 61.7 Å². The van der Waals surface area contributed by atoms with Crippen molar-refractivity contribution in [2.24, 2.45) is 10.8 Å². The van der Waals surface area contributed by atoms with Crippen molar-refractivity contribution in [3.05, 3.63) is 41.5 Å². The minimum absolute atomic E-state index is 0.107. The summed E-state index contributed by atoms with van der Waals surface area (Å²) in [6, 6.07) is 13.3. The van der Waals surface area contributed by atoms with Crippen LogP contribution in [0.2, 0.25) is 0 Å². The molecule has 104 valence electrons. The summed E-state index contributed by atoms with van der Waals surface area (Å²) in [6.07, 6.45) is 10.5. The Bertz CT molecular complexity index is 551. The minimum atomic E-state index is -0.107. The monoisotopic (exact) mass is 265 g/mol. The zero-order valence-corrected chi connectivity index (χ0v) is 12.4. The topological polar surface area (TPSA) is 23.8 Å². The Balaban J connectivity index is 1.89. The van der Waals surface area contributed by atoms with Gasteiger partial charge in [0, 0.05) is 0 Å². The van der Waals surface area contributed by atoms with Crippen molar-refractivity contribution >= 4 is 6.08 Å². The summed E-state index contributed by atoms with van der Waals surface area (Å²) in [4.78, 5) is 0. The van der Waals surface area contributed by atoms with Crippen LogP contribution in [0, 0.1) is 22.2 Å². The van der Waals surface area contributed by atoms with Gasteiger partial charge in [-0.25, -0.2) is 0 Å². The number of benzene rings is 1. The average Bonchev–Trinajstić information content (AvgIpc) is 2.48. The van der Waals surface area contributed by atoms with Crippen LogP contribution in [-0.2, 0) is 0 Å². The van der Waals surface area contributed by atoms with Crippen molar-refractivity contribution < 1.29 is 0 Å². The number of hydrogen-bond acceptors (Lipinski definition) is 1. The highest BCUT2D eigenvalue weighted by Crippen LogP contribution is 2.59. The van der Waals surface area contributed by atoms with Gasteiger partial charge in [-0.3, -0.25) is 0 Å². The van der Waals surface area contributed by atoms with Crippen LogP contribution in [0.3, 0.4) is 0 Å². The van der Waals surface area contributed by atoms with Gasteiger partial charge in [-0.05, 0) is 43.1 Å². The van der Waals surface area contributed by atoms with Gasteiger partial charge < -0.3 is 0 Å². The fourth-order valence-corrected chi connectivity index (χ4v) is 4.20. The molecule has 0 N–H and O–H groups in total. The molecule has 2 fully saturated rings. The Morgan fingerprint density at radius 2 is 1.85 bits per heavy atom. The number of nitriles is 1. The van der Waals surface area contributed by atoms with E-state index in [1.54, 1.807) is 0 Å². The normalized spacial score (nSPS) is 35.3. The van der Waals surface area contributed by atoms with E-state index in [4.69, 9.17) is 0 Å². The molecule has 1 aromatic carbocycles. The van der Waals surface area contributed by atoms with E-state index < -0.39 is 0 Å². The van der Waals surface area contributed by atoms with Crippen LogP contribution in [0.5, 0.6) is 0 Å². The molecule has 2 aliphatic carbocycles. The standard InChI is InChI=1S/C19H23N/c1-18-10-5-6-11-19(18,15-20)14-17(9-12-18)13-16-7-3-2-4-8-16/h2-4,7-8,13H,5-6,9-12,14H2,1H3/b17-13-/t18-,19-/m1/s1. The van der Waals surface area contributed by atoms with E-state index in [0.717, 1.165) is 19.3 Å². The summed E-state index contributed by atoms with van der Waals surface area (Å²) in [5.74, 6) is 0. The molecule has 0 bridgehead atoms. The molecule has 1 heteroatoms. The van der Waals surface area contributed by atoms with Crippen molar-refractivity contribution in [3.63, 3.8) is 0 Å². The Labute approximate surface area is 122 Å². The lowest BCUT2D eigenvalue weighted by atomic mass is 9.50. The third kappa shape index (κ3) is 2.18. The van der Waals surface area contributed by atoms with E-state index in [2.05, 4.69) is 49.4 Å². The summed E-state index contributed by atoms with van der Waals surface area (Å²) < 4.78 is 0. The van der Waals surface area contributed by atoms with Crippen molar-refractivity contribution in [1.29, 1.82) is 5.26 Å². The highest BCUT2D eigenvalue weighted by molar-refractivity contribution is 5.53. The van der Waals surface area contributed by atoms with E-state index in [1.165, 1.54) is 36.8 Å². The molecule has 0 aliphatic heterocycles. The average molecular weight is 265 g/mol. The van der Waals surface area contributed by atoms with E-state index in [9.17, 15) is 5.26 Å². The molecule has 2 atom stereocenters. The van der Waals surface area contributed by atoms with Crippen molar-refractivity contribution in [3.8, 4) is 6.07 Å². The lowest BCUT2D eigenvalue weighted by molar-refractivity contribution is 0.0248. The van der Waals surface area contributed by atoms with Gasteiger partial charge >= 0.3 is 0 Å². The van der Waals surface area contributed by atoms with Crippen LogP contribution >= 0.6 is 0 Å². The molecule has 3 rings (SSSR count). The molecule has 0 spiro atoms. The smallest absolute Gasteiger partial charge is 0.0698 e. The maximum Gasteiger partial charge on any atom is 0.0698 e. The Kier molecular flexibility index (Phi) is 3.42. The van der Waals surface area contributed by atoms with Crippen molar-refractivity contribution in [2.45, 2.75) is 51.9 Å². The predicted octanol–water partition coefficient (Wildman–Crippen LogP) is 5.34. The third-order valence-corrected chi connectivity index (χ3v) is 5.65. The van der Waals surface area contributed by atoms with Crippen LogP contribution < -0.4 is 0 Å². The molecular weight excluding hydrogens is 242 g/mol. The van der Waals surface area contributed by atoms with Gasteiger partial charge in [0.05, 0.1) is 11.5 Å². The van der Waals surface area contributed by atoms with Gasteiger partial charge in [0.25, 0.3) is 0 Å². The lowest BCUT2D eigenvalue weighted by Crippen LogP contribution is -2.44. The number of nitrogens with zero attached hydrogens (tertiary/aromatic N) is 1. The molecule has 1 nitrogen and oxygen atoms in total. The summed E-state index contributed by atoms with van der Waals surface area (Å²) in [5, 5.41) is 9.85. The summed E-state index contributed by atoms with van der Waals surface area (Å²) >= 11 is 0. The van der Waals surface area contributed by atoms with E-state index in [1.807, 2.05) is 0 Å². The molecule has 2 aliphatic rings. The maximum atomic E-state index is 9.85. The van der Waals surface area contributed by atoms with E-state index >= 15 is 0 Å². The second kappa shape index (κ2) is 5.09. The molecule has 0 radical (unpaired) electrons. The van der Waals surface area contributed by atoms with Gasteiger partial charge in [-0.15, -0.1) is 0 Å². The first-order valence-corrected chi connectivity index (χ1v) is 7.83. The third-order valence-electron chi connectivity index (χ3n) is 5.65. The summed E-state index contributed by atoms with van der Waals surface area (Å²) in [6.45, 7) is 2.36. The van der Waals surface area contributed by atoms with Crippen molar-refractivity contribution in [2.75, 3.05) is 0 Å². The largest absolute Gasteiger partial charge is 0.198 e. The molecule has 2 saturated carbocycles. The number of hydrogen-bond donors (Lipinski definition) is 0. The first kappa shape index (κ1) is 13.4. The van der Waals surface area contributed by atoms with Gasteiger partial charge in [-0.2, -0.15) is 5.26 Å². The fraction of sp³-hybridized carbons (Fsp3) is 0.526. The molecule has 1 aromatic rings. The first-order valence-electron chi connectivity index (χ1n) is 7.83. The Hall–Kier alpha value is -1.55. The molecule has 0 aromatic heterocycles. The predicted molar refractivity (Wildman–Crippen MR) is 82.9 cm³/mol. The van der Waals surface area contributed by atoms with Gasteiger partial charge in [0.1, 0.15) is 0 Å². The molecular formula is C19H23N. The highest BCUT2D eigenvalue weighted by Gasteiger charge is 2.52.